The number of likely N-dealkylation sites (tertiary alicyclic amines) is 1. The van der Waals surface area contributed by atoms with Crippen LogP contribution < -0.4 is 5.32 Å². The second-order valence-electron chi connectivity index (χ2n) is 4.42. The number of amides is 1. The van der Waals surface area contributed by atoms with Crippen LogP contribution in [0.2, 0.25) is 0 Å². The Balaban J connectivity index is 1.97. The summed E-state index contributed by atoms with van der Waals surface area (Å²) in [5.74, 6) is 0.261. The molecule has 1 aliphatic rings. The van der Waals surface area contributed by atoms with E-state index < -0.39 is 0 Å². The monoisotopic (exact) mass is 213 g/mol. The third kappa shape index (κ3) is 5.14. The second-order valence-corrected chi connectivity index (χ2v) is 4.42. The fourth-order valence-corrected chi connectivity index (χ4v) is 1.79. The number of carbonyl (C=O) groups excluding carboxylic acids is 1. The molecule has 0 unspecified atom stereocenters. The molecule has 1 heterocycles. The summed E-state index contributed by atoms with van der Waals surface area (Å²) < 4.78 is 0. The summed E-state index contributed by atoms with van der Waals surface area (Å²) >= 11 is 0. The highest BCUT2D eigenvalue weighted by Gasteiger charge is 2.16. The maximum atomic E-state index is 11.6. The van der Waals surface area contributed by atoms with Crippen LogP contribution in [0.3, 0.4) is 0 Å². The highest BCUT2D eigenvalue weighted by Crippen LogP contribution is 2.06. The van der Waals surface area contributed by atoms with E-state index in [0.29, 0.717) is 6.54 Å². The van der Waals surface area contributed by atoms with Crippen LogP contribution in [-0.2, 0) is 4.79 Å². The van der Waals surface area contributed by atoms with E-state index >= 15 is 0 Å². The van der Waals surface area contributed by atoms with Crippen molar-refractivity contribution in [3.05, 3.63) is 0 Å². The molecule has 1 N–H and O–H groups in total. The fourth-order valence-electron chi connectivity index (χ4n) is 1.79. The molecule has 0 saturated carbocycles. The Kier molecular flexibility index (Phi) is 5.65. The first-order chi connectivity index (χ1) is 7.20. The molecule has 1 aliphatic heterocycles. The van der Waals surface area contributed by atoms with E-state index in [1.807, 2.05) is 4.90 Å². The van der Waals surface area contributed by atoms with Gasteiger partial charge >= 0.3 is 0 Å². The quantitative estimate of drug-likeness (QED) is 0.638. The van der Waals surface area contributed by atoms with Gasteiger partial charge < -0.3 is 15.1 Å². The Labute approximate surface area is 92.6 Å². The van der Waals surface area contributed by atoms with E-state index in [-0.39, 0.29) is 5.91 Å². The van der Waals surface area contributed by atoms with Crippen molar-refractivity contribution in [2.24, 2.45) is 0 Å². The van der Waals surface area contributed by atoms with Gasteiger partial charge in [0.15, 0.2) is 0 Å². The molecule has 88 valence electrons. The minimum atomic E-state index is 0.261. The number of carbonyl (C=O) groups is 1. The van der Waals surface area contributed by atoms with Gasteiger partial charge in [0, 0.05) is 13.1 Å². The summed E-state index contributed by atoms with van der Waals surface area (Å²) in [6.07, 6.45) is 3.44. The number of rotatable bonds is 6. The van der Waals surface area contributed by atoms with Crippen LogP contribution in [0, 0.1) is 0 Å². The zero-order valence-electron chi connectivity index (χ0n) is 9.96. The molecule has 1 amide bonds. The van der Waals surface area contributed by atoms with Crippen LogP contribution in [0.4, 0.5) is 0 Å². The number of nitrogens with zero attached hydrogens (tertiary/aromatic N) is 2. The normalized spacial score (nSPS) is 16.3. The summed E-state index contributed by atoms with van der Waals surface area (Å²) in [7, 11) is 4.13. The highest BCUT2D eigenvalue weighted by molar-refractivity contribution is 5.78. The summed E-state index contributed by atoms with van der Waals surface area (Å²) in [4.78, 5) is 15.7. The minimum Gasteiger partial charge on any atom is -0.342 e. The fraction of sp³-hybridized carbons (Fsp3) is 0.909. The lowest BCUT2D eigenvalue weighted by Gasteiger charge is -2.15. The van der Waals surface area contributed by atoms with Gasteiger partial charge in [0.2, 0.25) is 5.91 Å². The zero-order valence-corrected chi connectivity index (χ0v) is 9.96. The molecule has 0 atom stereocenters. The smallest absolute Gasteiger partial charge is 0.236 e. The number of hydrogen-bond donors (Lipinski definition) is 1. The van der Waals surface area contributed by atoms with Gasteiger partial charge in [-0.25, -0.2) is 0 Å². The van der Waals surface area contributed by atoms with Crippen LogP contribution in [0.5, 0.6) is 0 Å². The second kappa shape index (κ2) is 6.80. The summed E-state index contributed by atoms with van der Waals surface area (Å²) in [5.41, 5.74) is 0. The summed E-state index contributed by atoms with van der Waals surface area (Å²) in [6, 6.07) is 0. The van der Waals surface area contributed by atoms with Crippen molar-refractivity contribution in [3.63, 3.8) is 0 Å². The molecule has 1 fully saturated rings. The van der Waals surface area contributed by atoms with E-state index in [2.05, 4.69) is 24.3 Å². The first-order valence-corrected chi connectivity index (χ1v) is 5.83. The molecular formula is C11H23N3O. The molecule has 0 aromatic rings. The predicted molar refractivity (Wildman–Crippen MR) is 61.9 cm³/mol. The van der Waals surface area contributed by atoms with Gasteiger partial charge in [-0.2, -0.15) is 0 Å². The van der Waals surface area contributed by atoms with Crippen molar-refractivity contribution in [2.75, 3.05) is 46.8 Å². The van der Waals surface area contributed by atoms with Gasteiger partial charge in [0.25, 0.3) is 0 Å². The molecule has 0 spiro atoms. The molecule has 0 radical (unpaired) electrons. The molecule has 4 heteroatoms. The molecule has 4 nitrogen and oxygen atoms in total. The lowest BCUT2D eigenvalue weighted by atomic mass is 10.4. The van der Waals surface area contributed by atoms with Crippen LogP contribution >= 0.6 is 0 Å². The molecular weight excluding hydrogens is 190 g/mol. The van der Waals surface area contributed by atoms with Crippen LogP contribution in [0.15, 0.2) is 0 Å². The van der Waals surface area contributed by atoms with Gasteiger partial charge in [-0.05, 0) is 46.4 Å². The lowest BCUT2D eigenvalue weighted by molar-refractivity contribution is -0.129. The molecule has 0 aliphatic carbocycles. The predicted octanol–water partition coefficient (Wildman–Crippen LogP) is 0.150. The molecule has 1 rings (SSSR count). The van der Waals surface area contributed by atoms with E-state index in [1.165, 1.54) is 12.8 Å². The van der Waals surface area contributed by atoms with Gasteiger partial charge in [0.05, 0.1) is 6.54 Å². The van der Waals surface area contributed by atoms with Crippen LogP contribution in [0.25, 0.3) is 0 Å². The van der Waals surface area contributed by atoms with E-state index in [9.17, 15) is 4.79 Å². The van der Waals surface area contributed by atoms with Crippen molar-refractivity contribution >= 4 is 5.91 Å². The van der Waals surface area contributed by atoms with Crippen LogP contribution in [-0.4, -0.2) is 62.5 Å². The Hall–Kier alpha value is -0.610. The Morgan fingerprint density at radius 3 is 2.60 bits per heavy atom. The van der Waals surface area contributed by atoms with Crippen molar-refractivity contribution in [3.8, 4) is 0 Å². The number of hydrogen-bond acceptors (Lipinski definition) is 3. The largest absolute Gasteiger partial charge is 0.342 e. The molecule has 0 aromatic carbocycles. The average molecular weight is 213 g/mol. The van der Waals surface area contributed by atoms with E-state index in [1.54, 1.807) is 0 Å². The van der Waals surface area contributed by atoms with E-state index in [0.717, 1.165) is 32.6 Å². The molecule has 15 heavy (non-hydrogen) atoms. The third-order valence-electron chi connectivity index (χ3n) is 2.69. The molecule has 0 aromatic heterocycles. The maximum absolute atomic E-state index is 11.6. The summed E-state index contributed by atoms with van der Waals surface area (Å²) in [5, 5.41) is 3.20. The van der Waals surface area contributed by atoms with Crippen molar-refractivity contribution in [2.45, 2.75) is 19.3 Å². The first-order valence-electron chi connectivity index (χ1n) is 5.83. The average Bonchev–Trinajstić information content (AvgIpc) is 2.69. The first kappa shape index (κ1) is 12.5. The van der Waals surface area contributed by atoms with Crippen LogP contribution in [0.1, 0.15) is 19.3 Å². The standard InChI is InChI=1S/C11H23N3O/c1-13(2)7-5-6-12-10-11(15)14-8-3-4-9-14/h12H,3-10H2,1-2H3. The Bertz CT molecular complexity index is 188. The minimum absolute atomic E-state index is 0.261. The van der Waals surface area contributed by atoms with E-state index in [4.69, 9.17) is 0 Å². The van der Waals surface area contributed by atoms with Crippen molar-refractivity contribution in [1.82, 2.24) is 15.1 Å². The van der Waals surface area contributed by atoms with Crippen molar-refractivity contribution in [1.29, 1.82) is 0 Å². The van der Waals surface area contributed by atoms with Gasteiger partial charge in [-0.15, -0.1) is 0 Å². The topological polar surface area (TPSA) is 35.6 Å². The summed E-state index contributed by atoms with van der Waals surface area (Å²) in [6.45, 7) is 4.42. The zero-order chi connectivity index (χ0) is 11.1. The van der Waals surface area contributed by atoms with Crippen molar-refractivity contribution < 1.29 is 4.79 Å². The van der Waals surface area contributed by atoms with Gasteiger partial charge in [0.1, 0.15) is 0 Å². The maximum Gasteiger partial charge on any atom is 0.236 e. The van der Waals surface area contributed by atoms with Gasteiger partial charge in [-0.3, -0.25) is 4.79 Å². The number of nitrogens with one attached hydrogen (secondary N) is 1. The Morgan fingerprint density at radius 2 is 2.00 bits per heavy atom. The lowest BCUT2D eigenvalue weighted by Crippen LogP contribution is -2.36. The third-order valence-corrected chi connectivity index (χ3v) is 2.69. The highest BCUT2D eigenvalue weighted by atomic mass is 16.2. The molecule has 1 saturated heterocycles. The van der Waals surface area contributed by atoms with Gasteiger partial charge in [-0.1, -0.05) is 0 Å². The SMILES string of the molecule is CN(C)CCCNCC(=O)N1CCCC1. The Morgan fingerprint density at radius 1 is 1.33 bits per heavy atom. The molecule has 0 bridgehead atoms.